The largest absolute Gasteiger partial charge is 0.336 e. The van der Waals surface area contributed by atoms with E-state index < -0.39 is 0 Å². The molecule has 1 saturated heterocycles. The number of hydrogen-bond donors (Lipinski definition) is 0. The van der Waals surface area contributed by atoms with Gasteiger partial charge in [-0.25, -0.2) is 4.98 Å². The second-order valence-corrected chi connectivity index (χ2v) is 5.89. The number of aromatic nitrogens is 2. The van der Waals surface area contributed by atoms with Gasteiger partial charge in [0.25, 0.3) is 5.91 Å². The summed E-state index contributed by atoms with van der Waals surface area (Å²) in [6.07, 6.45) is 4.88. The summed E-state index contributed by atoms with van der Waals surface area (Å²) in [4.78, 5) is 21.2. The first-order valence-electron chi connectivity index (χ1n) is 8.34. The lowest BCUT2D eigenvalue weighted by molar-refractivity contribution is 0.0633. The van der Waals surface area contributed by atoms with Crippen molar-refractivity contribution in [2.24, 2.45) is 0 Å². The number of amides is 1. The molecule has 0 saturated carbocycles. The van der Waals surface area contributed by atoms with Gasteiger partial charge >= 0.3 is 0 Å². The Bertz CT molecular complexity index is 629. The molecule has 1 aromatic heterocycles. The summed E-state index contributed by atoms with van der Waals surface area (Å²) in [7, 11) is 0. The van der Waals surface area contributed by atoms with Crippen LogP contribution in [0.3, 0.4) is 0 Å². The van der Waals surface area contributed by atoms with Gasteiger partial charge in [-0.05, 0) is 12.1 Å². The number of aryl methyl sites for hydroxylation is 1. The van der Waals surface area contributed by atoms with E-state index in [1.807, 2.05) is 47.6 Å². The monoisotopic (exact) mass is 312 g/mol. The maximum absolute atomic E-state index is 12.4. The zero-order valence-electron chi connectivity index (χ0n) is 13.7. The van der Waals surface area contributed by atoms with Gasteiger partial charge in [-0.1, -0.05) is 25.1 Å². The van der Waals surface area contributed by atoms with Crippen molar-refractivity contribution >= 4 is 5.91 Å². The molecule has 122 valence electrons. The van der Waals surface area contributed by atoms with Crippen molar-refractivity contribution in [1.82, 2.24) is 19.4 Å². The zero-order valence-corrected chi connectivity index (χ0v) is 13.7. The van der Waals surface area contributed by atoms with Crippen LogP contribution in [0.25, 0.3) is 0 Å². The van der Waals surface area contributed by atoms with E-state index >= 15 is 0 Å². The Hall–Kier alpha value is -2.14. The second kappa shape index (κ2) is 7.42. The molecule has 5 nitrogen and oxygen atoms in total. The standard InChI is InChI=1S/C18H24N4O/c1-2-17-19-8-9-21(17)13-10-20-11-14-22(15-12-20)18(23)16-6-4-3-5-7-16/h3-9H,2,10-15H2,1H3. The van der Waals surface area contributed by atoms with Gasteiger partial charge < -0.3 is 9.47 Å². The maximum atomic E-state index is 12.4. The molecule has 1 aromatic carbocycles. The van der Waals surface area contributed by atoms with Crippen LogP contribution in [0, 0.1) is 0 Å². The molecule has 0 atom stereocenters. The van der Waals surface area contributed by atoms with Crippen LogP contribution >= 0.6 is 0 Å². The lowest BCUT2D eigenvalue weighted by Gasteiger charge is -2.34. The van der Waals surface area contributed by atoms with E-state index in [1.54, 1.807) is 0 Å². The predicted octanol–water partition coefficient (Wildman–Crippen LogP) is 1.90. The Morgan fingerprint density at radius 3 is 2.52 bits per heavy atom. The van der Waals surface area contributed by atoms with Crippen molar-refractivity contribution in [1.29, 1.82) is 0 Å². The number of carbonyl (C=O) groups is 1. The van der Waals surface area contributed by atoms with Gasteiger partial charge in [0.05, 0.1) is 0 Å². The summed E-state index contributed by atoms with van der Waals surface area (Å²) in [5.74, 6) is 1.29. The lowest BCUT2D eigenvalue weighted by atomic mass is 10.2. The third kappa shape index (κ3) is 3.79. The number of imidazole rings is 1. The number of hydrogen-bond acceptors (Lipinski definition) is 3. The first-order valence-corrected chi connectivity index (χ1v) is 8.34. The van der Waals surface area contributed by atoms with Gasteiger partial charge in [-0.3, -0.25) is 9.69 Å². The van der Waals surface area contributed by atoms with Crippen LogP contribution in [0.15, 0.2) is 42.7 Å². The van der Waals surface area contributed by atoms with Gasteiger partial charge in [0, 0.05) is 63.6 Å². The minimum Gasteiger partial charge on any atom is -0.336 e. The van der Waals surface area contributed by atoms with Crippen LogP contribution in [0.1, 0.15) is 23.1 Å². The Kier molecular flexibility index (Phi) is 5.08. The quantitative estimate of drug-likeness (QED) is 0.847. The number of benzene rings is 1. The summed E-state index contributed by atoms with van der Waals surface area (Å²) in [6.45, 7) is 7.60. The first-order chi connectivity index (χ1) is 11.3. The van der Waals surface area contributed by atoms with Crippen LogP contribution in [0.5, 0.6) is 0 Å². The van der Waals surface area contributed by atoms with E-state index in [9.17, 15) is 4.79 Å². The highest BCUT2D eigenvalue weighted by Crippen LogP contribution is 2.09. The molecule has 1 fully saturated rings. The normalized spacial score (nSPS) is 15.8. The smallest absolute Gasteiger partial charge is 0.253 e. The number of nitrogens with zero attached hydrogens (tertiary/aromatic N) is 4. The number of carbonyl (C=O) groups excluding carboxylic acids is 1. The third-order valence-corrected chi connectivity index (χ3v) is 4.46. The fourth-order valence-electron chi connectivity index (χ4n) is 3.05. The van der Waals surface area contributed by atoms with E-state index in [0.29, 0.717) is 0 Å². The zero-order chi connectivity index (χ0) is 16.1. The molecule has 2 aromatic rings. The average molecular weight is 312 g/mol. The summed E-state index contributed by atoms with van der Waals surface area (Å²) < 4.78 is 2.22. The fourth-order valence-corrected chi connectivity index (χ4v) is 3.05. The van der Waals surface area contributed by atoms with Crippen molar-refractivity contribution in [3.05, 3.63) is 54.1 Å². The van der Waals surface area contributed by atoms with Gasteiger partial charge in [-0.15, -0.1) is 0 Å². The number of piperazine rings is 1. The molecule has 1 aliphatic heterocycles. The third-order valence-electron chi connectivity index (χ3n) is 4.46. The minimum absolute atomic E-state index is 0.146. The molecule has 0 spiro atoms. The predicted molar refractivity (Wildman–Crippen MR) is 90.4 cm³/mol. The van der Waals surface area contributed by atoms with Crippen molar-refractivity contribution < 1.29 is 4.79 Å². The first kappa shape index (κ1) is 15.7. The maximum Gasteiger partial charge on any atom is 0.253 e. The molecular weight excluding hydrogens is 288 g/mol. The van der Waals surface area contributed by atoms with E-state index in [2.05, 4.69) is 21.4 Å². The molecule has 0 bridgehead atoms. The van der Waals surface area contributed by atoms with Crippen LogP contribution in [0.4, 0.5) is 0 Å². The van der Waals surface area contributed by atoms with Crippen LogP contribution in [0.2, 0.25) is 0 Å². The molecular formula is C18H24N4O. The Labute approximate surface area is 137 Å². The highest BCUT2D eigenvalue weighted by molar-refractivity contribution is 5.94. The molecule has 0 aliphatic carbocycles. The summed E-state index contributed by atoms with van der Waals surface area (Å²) in [5.41, 5.74) is 0.784. The molecule has 3 rings (SSSR count). The van der Waals surface area contributed by atoms with Gasteiger partial charge in [0.2, 0.25) is 0 Å². The molecule has 5 heteroatoms. The Balaban J connectivity index is 1.48. The van der Waals surface area contributed by atoms with Crippen molar-refractivity contribution in [3.8, 4) is 0 Å². The lowest BCUT2D eigenvalue weighted by Crippen LogP contribution is -2.49. The van der Waals surface area contributed by atoms with E-state index in [0.717, 1.165) is 57.1 Å². The molecule has 1 amide bonds. The summed E-state index contributed by atoms with van der Waals surface area (Å²) >= 11 is 0. The highest BCUT2D eigenvalue weighted by Gasteiger charge is 2.21. The molecule has 0 radical (unpaired) electrons. The van der Waals surface area contributed by atoms with Crippen LogP contribution in [-0.2, 0) is 13.0 Å². The molecule has 0 unspecified atom stereocenters. The molecule has 2 heterocycles. The molecule has 23 heavy (non-hydrogen) atoms. The SMILES string of the molecule is CCc1nccn1CCN1CCN(C(=O)c2ccccc2)CC1. The second-order valence-electron chi connectivity index (χ2n) is 5.89. The summed E-state index contributed by atoms with van der Waals surface area (Å²) in [5, 5.41) is 0. The van der Waals surface area contributed by atoms with Crippen LogP contribution in [-0.4, -0.2) is 58.0 Å². The van der Waals surface area contributed by atoms with Crippen molar-refractivity contribution in [2.75, 3.05) is 32.7 Å². The van der Waals surface area contributed by atoms with E-state index in [4.69, 9.17) is 0 Å². The average Bonchev–Trinajstić information content (AvgIpc) is 3.08. The van der Waals surface area contributed by atoms with Gasteiger partial charge in [-0.2, -0.15) is 0 Å². The number of rotatable bonds is 5. The fraction of sp³-hybridized carbons (Fsp3) is 0.444. The van der Waals surface area contributed by atoms with Gasteiger partial charge in [0.15, 0.2) is 0 Å². The van der Waals surface area contributed by atoms with Crippen molar-refractivity contribution in [2.45, 2.75) is 19.9 Å². The molecule has 0 N–H and O–H groups in total. The van der Waals surface area contributed by atoms with E-state index in [1.165, 1.54) is 0 Å². The van der Waals surface area contributed by atoms with Crippen molar-refractivity contribution in [3.63, 3.8) is 0 Å². The van der Waals surface area contributed by atoms with Crippen LogP contribution < -0.4 is 0 Å². The molecule has 1 aliphatic rings. The van der Waals surface area contributed by atoms with E-state index in [-0.39, 0.29) is 5.91 Å². The highest BCUT2D eigenvalue weighted by atomic mass is 16.2. The minimum atomic E-state index is 0.146. The summed E-state index contributed by atoms with van der Waals surface area (Å²) in [6, 6.07) is 9.55. The Morgan fingerprint density at radius 2 is 1.83 bits per heavy atom. The van der Waals surface area contributed by atoms with Gasteiger partial charge in [0.1, 0.15) is 5.82 Å². The Morgan fingerprint density at radius 1 is 1.09 bits per heavy atom. The topological polar surface area (TPSA) is 41.4 Å².